The molecule has 0 radical (unpaired) electrons. The van der Waals surface area contributed by atoms with Gasteiger partial charge in [-0.3, -0.25) is 0 Å². The number of hydrogen-bond acceptors (Lipinski definition) is 5. The Kier molecular flexibility index (Phi) is 7.13. The highest BCUT2D eigenvalue weighted by Crippen LogP contribution is 2.26. The lowest BCUT2D eigenvalue weighted by Crippen LogP contribution is -2.27. The molecule has 0 aliphatic heterocycles. The molecule has 0 aliphatic rings. The SMILES string of the molecule is Cc1cccc(C)c1NCCNCC(O)c1ccc(O)c([S+](C)[O-])c1. The van der Waals surface area contributed by atoms with Crippen LogP contribution in [0.4, 0.5) is 5.69 Å². The van der Waals surface area contributed by atoms with Crippen LogP contribution in [0.5, 0.6) is 5.75 Å². The van der Waals surface area contributed by atoms with E-state index in [9.17, 15) is 14.8 Å². The van der Waals surface area contributed by atoms with Gasteiger partial charge in [-0.1, -0.05) is 24.3 Å². The average molecular weight is 362 g/mol. The number of benzene rings is 2. The van der Waals surface area contributed by atoms with Gasteiger partial charge in [-0.15, -0.1) is 0 Å². The largest absolute Gasteiger partial charge is 0.612 e. The van der Waals surface area contributed by atoms with Crippen LogP contribution >= 0.6 is 0 Å². The van der Waals surface area contributed by atoms with Gasteiger partial charge in [0.25, 0.3) is 0 Å². The number of aromatic hydroxyl groups is 1. The van der Waals surface area contributed by atoms with Crippen LogP contribution < -0.4 is 10.6 Å². The number of rotatable bonds is 8. The normalized spacial score (nSPS) is 13.5. The zero-order valence-corrected chi connectivity index (χ0v) is 15.7. The predicted molar refractivity (Wildman–Crippen MR) is 103 cm³/mol. The Morgan fingerprint density at radius 2 is 1.80 bits per heavy atom. The number of aliphatic hydroxyl groups is 1. The summed E-state index contributed by atoms with van der Waals surface area (Å²) in [5.41, 5.74) is 4.21. The average Bonchev–Trinajstić information content (AvgIpc) is 2.56. The van der Waals surface area contributed by atoms with E-state index in [1.807, 2.05) is 6.07 Å². The molecule has 0 saturated carbocycles. The molecular formula is C19H26N2O3S. The number of aliphatic hydroxyl groups excluding tert-OH is 1. The van der Waals surface area contributed by atoms with E-state index in [-0.39, 0.29) is 5.75 Å². The van der Waals surface area contributed by atoms with Gasteiger partial charge in [-0.2, -0.15) is 0 Å². The Balaban J connectivity index is 1.81. The number of aryl methyl sites for hydroxylation is 2. The molecular weight excluding hydrogens is 336 g/mol. The second kappa shape index (κ2) is 9.10. The van der Waals surface area contributed by atoms with Gasteiger partial charge in [0.1, 0.15) is 6.26 Å². The maximum atomic E-state index is 11.6. The lowest BCUT2D eigenvalue weighted by Gasteiger charge is -2.16. The van der Waals surface area contributed by atoms with Gasteiger partial charge < -0.3 is 25.4 Å². The van der Waals surface area contributed by atoms with E-state index in [1.165, 1.54) is 23.4 Å². The van der Waals surface area contributed by atoms with Crippen molar-refractivity contribution in [2.45, 2.75) is 24.8 Å². The Morgan fingerprint density at radius 3 is 2.44 bits per heavy atom. The molecule has 0 spiro atoms. The highest BCUT2D eigenvalue weighted by Gasteiger charge is 2.15. The minimum absolute atomic E-state index is 0.0115. The number of nitrogens with one attached hydrogen (secondary N) is 2. The van der Waals surface area contributed by atoms with E-state index in [1.54, 1.807) is 12.1 Å². The van der Waals surface area contributed by atoms with E-state index >= 15 is 0 Å². The van der Waals surface area contributed by atoms with Crippen LogP contribution in [-0.2, 0) is 11.2 Å². The zero-order chi connectivity index (χ0) is 18.4. The maximum Gasteiger partial charge on any atom is 0.194 e. The summed E-state index contributed by atoms with van der Waals surface area (Å²) in [5, 5.41) is 26.6. The highest BCUT2D eigenvalue weighted by atomic mass is 32.2. The Labute approximate surface area is 152 Å². The molecule has 136 valence electrons. The quantitative estimate of drug-likeness (QED) is 0.428. The van der Waals surface area contributed by atoms with Crippen molar-refractivity contribution in [1.29, 1.82) is 0 Å². The summed E-state index contributed by atoms with van der Waals surface area (Å²) in [6.07, 6.45) is 0.783. The van der Waals surface area contributed by atoms with Gasteiger partial charge in [-0.05, 0) is 47.8 Å². The Hall–Kier alpha value is -1.73. The third-order valence-corrected chi connectivity index (χ3v) is 5.05. The van der Waals surface area contributed by atoms with E-state index in [4.69, 9.17) is 0 Å². The van der Waals surface area contributed by atoms with Crippen molar-refractivity contribution in [1.82, 2.24) is 5.32 Å². The van der Waals surface area contributed by atoms with Crippen LogP contribution in [0.15, 0.2) is 41.3 Å². The molecule has 2 unspecified atom stereocenters. The molecule has 4 N–H and O–H groups in total. The lowest BCUT2D eigenvalue weighted by atomic mass is 10.1. The summed E-state index contributed by atoms with van der Waals surface area (Å²) in [6.45, 7) is 5.99. The molecule has 6 heteroatoms. The number of hydrogen-bond donors (Lipinski definition) is 4. The minimum atomic E-state index is -1.29. The first-order valence-corrected chi connectivity index (χ1v) is 9.81. The molecule has 0 aromatic heterocycles. The summed E-state index contributed by atoms with van der Waals surface area (Å²) in [4.78, 5) is 0.341. The summed E-state index contributed by atoms with van der Waals surface area (Å²) in [7, 11) is 0. The molecule has 0 aliphatic carbocycles. The van der Waals surface area contributed by atoms with Gasteiger partial charge in [-0.25, -0.2) is 0 Å². The molecule has 2 aromatic carbocycles. The summed E-state index contributed by atoms with van der Waals surface area (Å²) in [6, 6.07) is 10.9. The molecule has 0 heterocycles. The molecule has 25 heavy (non-hydrogen) atoms. The number of phenols is 1. The fourth-order valence-electron chi connectivity index (χ4n) is 2.69. The second-order valence-corrected chi connectivity index (χ2v) is 7.44. The molecule has 5 nitrogen and oxygen atoms in total. The Bertz CT molecular complexity index is 687. The van der Waals surface area contributed by atoms with Crippen molar-refractivity contribution >= 4 is 16.9 Å². The van der Waals surface area contributed by atoms with Gasteiger partial charge in [0, 0.05) is 31.4 Å². The van der Waals surface area contributed by atoms with Crippen molar-refractivity contribution in [2.24, 2.45) is 0 Å². The number of phenolic OH excluding ortho intramolecular Hbond substituents is 1. The van der Waals surface area contributed by atoms with Gasteiger partial charge in [0.15, 0.2) is 10.6 Å². The monoisotopic (exact) mass is 362 g/mol. The van der Waals surface area contributed by atoms with Crippen LogP contribution in [0, 0.1) is 13.8 Å². The molecule has 2 aromatic rings. The maximum absolute atomic E-state index is 11.6. The van der Waals surface area contributed by atoms with E-state index in [0.717, 1.165) is 12.2 Å². The number of anilines is 1. The fourth-order valence-corrected chi connectivity index (χ4v) is 3.36. The molecule has 0 bridgehead atoms. The highest BCUT2D eigenvalue weighted by molar-refractivity contribution is 7.90. The first-order valence-electron chi connectivity index (χ1n) is 8.25. The van der Waals surface area contributed by atoms with Crippen LogP contribution in [0.25, 0.3) is 0 Å². The van der Waals surface area contributed by atoms with Crippen LogP contribution in [0.1, 0.15) is 22.8 Å². The number of para-hydroxylation sites is 1. The third kappa shape index (κ3) is 5.37. The van der Waals surface area contributed by atoms with Crippen LogP contribution in [0.2, 0.25) is 0 Å². The van der Waals surface area contributed by atoms with Crippen molar-refractivity contribution in [2.75, 3.05) is 31.2 Å². The van der Waals surface area contributed by atoms with Crippen molar-refractivity contribution < 1.29 is 14.8 Å². The fraction of sp³-hybridized carbons (Fsp3) is 0.368. The lowest BCUT2D eigenvalue weighted by molar-refractivity contribution is 0.175. The first kappa shape index (κ1) is 19.6. The van der Waals surface area contributed by atoms with E-state index in [2.05, 4.69) is 36.6 Å². The Morgan fingerprint density at radius 1 is 1.12 bits per heavy atom. The van der Waals surface area contributed by atoms with Crippen LogP contribution in [-0.4, -0.2) is 40.7 Å². The topological polar surface area (TPSA) is 87.6 Å². The summed E-state index contributed by atoms with van der Waals surface area (Å²) in [5.74, 6) is -0.0115. The molecule has 2 rings (SSSR count). The van der Waals surface area contributed by atoms with Crippen molar-refractivity contribution in [3.05, 3.63) is 53.1 Å². The molecule has 0 amide bonds. The van der Waals surface area contributed by atoms with Gasteiger partial charge >= 0.3 is 0 Å². The van der Waals surface area contributed by atoms with Gasteiger partial charge in [0.2, 0.25) is 0 Å². The van der Waals surface area contributed by atoms with Crippen molar-refractivity contribution in [3.8, 4) is 5.75 Å². The second-order valence-electron chi connectivity index (χ2n) is 6.09. The van der Waals surface area contributed by atoms with Crippen molar-refractivity contribution in [3.63, 3.8) is 0 Å². The molecule has 0 saturated heterocycles. The van der Waals surface area contributed by atoms with Gasteiger partial charge in [0.05, 0.1) is 6.10 Å². The predicted octanol–water partition coefficient (Wildman–Crippen LogP) is 2.48. The summed E-state index contributed by atoms with van der Waals surface area (Å²) >= 11 is -1.29. The minimum Gasteiger partial charge on any atom is -0.612 e. The third-order valence-electron chi connectivity index (χ3n) is 4.10. The molecule has 0 fully saturated rings. The zero-order valence-electron chi connectivity index (χ0n) is 14.9. The smallest absolute Gasteiger partial charge is 0.194 e. The van der Waals surface area contributed by atoms with E-state index in [0.29, 0.717) is 23.5 Å². The summed E-state index contributed by atoms with van der Waals surface area (Å²) < 4.78 is 11.6. The first-order chi connectivity index (χ1) is 11.9. The molecule has 2 atom stereocenters. The standard InChI is InChI=1S/C19H26N2O3S/c1-13-5-4-6-14(2)19(13)21-10-9-20-12-17(23)15-7-8-16(22)18(11-15)25(3)24/h4-8,11,17,20-23H,9-10,12H2,1-3H3. The van der Waals surface area contributed by atoms with E-state index < -0.39 is 17.3 Å². The van der Waals surface area contributed by atoms with Crippen LogP contribution in [0.3, 0.4) is 0 Å².